The summed E-state index contributed by atoms with van der Waals surface area (Å²) in [5.41, 5.74) is 0. The number of aryl methyl sites for hydroxylation is 1. The highest BCUT2D eigenvalue weighted by molar-refractivity contribution is 7.99. The molecule has 0 amide bonds. The van der Waals surface area contributed by atoms with Crippen molar-refractivity contribution in [1.82, 2.24) is 20.1 Å². The van der Waals surface area contributed by atoms with Crippen LogP contribution in [-0.2, 0) is 7.05 Å². The number of nitrogens with one attached hydrogen (secondary N) is 1. The van der Waals surface area contributed by atoms with Crippen LogP contribution in [0.5, 0.6) is 0 Å². The first-order valence-electron chi connectivity index (χ1n) is 5.02. The van der Waals surface area contributed by atoms with Gasteiger partial charge in [0.15, 0.2) is 5.16 Å². The van der Waals surface area contributed by atoms with Gasteiger partial charge in [-0.05, 0) is 13.5 Å². The molecular weight excluding hydrogens is 212 g/mol. The number of aliphatic hydroxyl groups excluding tert-OH is 1. The van der Waals surface area contributed by atoms with Gasteiger partial charge in [-0.2, -0.15) is 0 Å². The summed E-state index contributed by atoms with van der Waals surface area (Å²) in [7, 11) is 1.92. The minimum absolute atomic E-state index is 0.341. The molecule has 5 nitrogen and oxygen atoms in total. The monoisotopic (exact) mass is 230 g/mol. The van der Waals surface area contributed by atoms with E-state index in [1.165, 1.54) is 11.8 Å². The van der Waals surface area contributed by atoms with Crippen LogP contribution < -0.4 is 5.32 Å². The summed E-state index contributed by atoms with van der Waals surface area (Å²) in [4.78, 5) is 0. The molecule has 0 radical (unpaired) electrons. The van der Waals surface area contributed by atoms with Crippen LogP contribution in [0.3, 0.4) is 0 Å². The standard InChI is InChI=1S/C9H18N4OS/c1-4-10-5-8(14)6-15-9-12-11-7(2)13(9)3/h8,10,14H,4-6H2,1-3H3. The number of hydrogen-bond donors (Lipinski definition) is 2. The van der Waals surface area contributed by atoms with Crippen molar-refractivity contribution in [2.75, 3.05) is 18.8 Å². The maximum Gasteiger partial charge on any atom is 0.191 e. The molecule has 0 saturated heterocycles. The van der Waals surface area contributed by atoms with Crippen molar-refractivity contribution in [3.8, 4) is 0 Å². The van der Waals surface area contributed by atoms with E-state index in [0.717, 1.165) is 17.5 Å². The first-order valence-corrected chi connectivity index (χ1v) is 6.01. The normalized spacial score (nSPS) is 13.1. The Bertz CT molecular complexity index is 302. The van der Waals surface area contributed by atoms with Crippen LogP contribution in [0.2, 0.25) is 0 Å². The largest absolute Gasteiger partial charge is 0.391 e. The van der Waals surface area contributed by atoms with Crippen LogP contribution in [0.25, 0.3) is 0 Å². The van der Waals surface area contributed by atoms with Gasteiger partial charge in [0.25, 0.3) is 0 Å². The maximum absolute atomic E-state index is 9.60. The van der Waals surface area contributed by atoms with Gasteiger partial charge in [0.2, 0.25) is 0 Å². The van der Waals surface area contributed by atoms with Crippen molar-refractivity contribution in [3.05, 3.63) is 5.82 Å². The van der Waals surface area contributed by atoms with Crippen LogP contribution in [0, 0.1) is 6.92 Å². The Balaban J connectivity index is 2.33. The van der Waals surface area contributed by atoms with E-state index in [9.17, 15) is 5.11 Å². The minimum Gasteiger partial charge on any atom is -0.391 e. The van der Waals surface area contributed by atoms with E-state index < -0.39 is 0 Å². The first-order chi connectivity index (χ1) is 7.15. The fourth-order valence-corrected chi connectivity index (χ4v) is 1.94. The van der Waals surface area contributed by atoms with Gasteiger partial charge in [-0.25, -0.2) is 0 Å². The summed E-state index contributed by atoms with van der Waals surface area (Å²) in [6.07, 6.45) is -0.341. The predicted octanol–water partition coefficient (Wildman–Crippen LogP) is 0.186. The molecule has 1 heterocycles. The number of aliphatic hydroxyl groups is 1. The van der Waals surface area contributed by atoms with Crippen molar-refractivity contribution in [2.24, 2.45) is 7.05 Å². The van der Waals surface area contributed by atoms with E-state index in [4.69, 9.17) is 0 Å². The second kappa shape index (κ2) is 6.09. The zero-order valence-corrected chi connectivity index (χ0v) is 10.2. The summed E-state index contributed by atoms with van der Waals surface area (Å²) < 4.78 is 1.92. The number of rotatable bonds is 6. The lowest BCUT2D eigenvalue weighted by Gasteiger charge is -2.09. The third-order valence-electron chi connectivity index (χ3n) is 2.09. The summed E-state index contributed by atoms with van der Waals surface area (Å²) in [5, 5.41) is 21.5. The van der Waals surface area contributed by atoms with Gasteiger partial charge < -0.3 is 15.0 Å². The Hall–Kier alpha value is -0.590. The number of likely N-dealkylation sites (N-methyl/N-ethyl adjacent to an activating group) is 1. The second-order valence-electron chi connectivity index (χ2n) is 3.36. The van der Waals surface area contributed by atoms with Crippen LogP contribution in [0.15, 0.2) is 5.16 Å². The molecule has 1 atom stereocenters. The topological polar surface area (TPSA) is 63.0 Å². The summed E-state index contributed by atoms with van der Waals surface area (Å²) >= 11 is 1.53. The lowest BCUT2D eigenvalue weighted by atomic mass is 10.4. The quantitative estimate of drug-likeness (QED) is 0.683. The van der Waals surface area contributed by atoms with E-state index in [1.54, 1.807) is 0 Å². The molecule has 0 bridgehead atoms. The van der Waals surface area contributed by atoms with E-state index in [2.05, 4.69) is 15.5 Å². The Morgan fingerprint density at radius 1 is 1.53 bits per heavy atom. The lowest BCUT2D eigenvalue weighted by molar-refractivity contribution is 0.196. The smallest absolute Gasteiger partial charge is 0.191 e. The molecule has 0 saturated carbocycles. The Morgan fingerprint density at radius 2 is 2.27 bits per heavy atom. The Morgan fingerprint density at radius 3 is 2.80 bits per heavy atom. The van der Waals surface area contributed by atoms with Gasteiger partial charge in [0, 0.05) is 19.3 Å². The highest BCUT2D eigenvalue weighted by Gasteiger charge is 2.09. The molecule has 15 heavy (non-hydrogen) atoms. The van der Waals surface area contributed by atoms with Crippen LogP contribution >= 0.6 is 11.8 Å². The minimum atomic E-state index is -0.341. The number of nitrogens with zero attached hydrogens (tertiary/aromatic N) is 3. The molecule has 0 spiro atoms. The molecule has 0 aliphatic rings. The van der Waals surface area contributed by atoms with Crippen molar-refractivity contribution in [3.63, 3.8) is 0 Å². The fraction of sp³-hybridized carbons (Fsp3) is 0.778. The van der Waals surface area contributed by atoms with Crippen molar-refractivity contribution in [1.29, 1.82) is 0 Å². The van der Waals surface area contributed by atoms with Crippen LogP contribution in [-0.4, -0.2) is 44.8 Å². The molecule has 86 valence electrons. The zero-order chi connectivity index (χ0) is 11.3. The average Bonchev–Trinajstić information content (AvgIpc) is 2.54. The summed E-state index contributed by atoms with van der Waals surface area (Å²) in [6, 6.07) is 0. The third kappa shape index (κ3) is 3.81. The second-order valence-corrected chi connectivity index (χ2v) is 4.35. The van der Waals surface area contributed by atoms with E-state index in [-0.39, 0.29) is 6.10 Å². The van der Waals surface area contributed by atoms with E-state index >= 15 is 0 Å². The molecule has 6 heteroatoms. The molecule has 0 aliphatic carbocycles. The van der Waals surface area contributed by atoms with Gasteiger partial charge in [-0.15, -0.1) is 10.2 Å². The maximum atomic E-state index is 9.60. The van der Waals surface area contributed by atoms with Crippen LogP contribution in [0.4, 0.5) is 0 Å². The van der Waals surface area contributed by atoms with E-state index in [1.807, 2.05) is 25.5 Å². The van der Waals surface area contributed by atoms with Crippen molar-refractivity contribution < 1.29 is 5.11 Å². The molecule has 1 unspecified atom stereocenters. The number of thioether (sulfide) groups is 1. The molecule has 1 rings (SSSR count). The zero-order valence-electron chi connectivity index (χ0n) is 9.40. The SMILES string of the molecule is CCNCC(O)CSc1nnc(C)n1C. The van der Waals surface area contributed by atoms with Gasteiger partial charge >= 0.3 is 0 Å². The third-order valence-corrected chi connectivity index (χ3v) is 3.25. The fourth-order valence-electron chi connectivity index (χ4n) is 1.05. The van der Waals surface area contributed by atoms with Gasteiger partial charge in [-0.1, -0.05) is 18.7 Å². The lowest BCUT2D eigenvalue weighted by Crippen LogP contribution is -2.28. The summed E-state index contributed by atoms with van der Waals surface area (Å²) in [5.74, 6) is 1.53. The van der Waals surface area contributed by atoms with Crippen LogP contribution in [0.1, 0.15) is 12.7 Å². The first kappa shape index (κ1) is 12.5. The molecule has 1 aromatic rings. The molecule has 0 aliphatic heterocycles. The van der Waals surface area contributed by atoms with Gasteiger partial charge in [-0.3, -0.25) is 0 Å². The highest BCUT2D eigenvalue weighted by Crippen LogP contribution is 2.15. The molecule has 1 aromatic heterocycles. The summed E-state index contributed by atoms with van der Waals surface area (Å²) in [6.45, 7) is 5.43. The van der Waals surface area contributed by atoms with E-state index in [0.29, 0.717) is 12.3 Å². The molecular formula is C9H18N4OS. The van der Waals surface area contributed by atoms with Crippen molar-refractivity contribution in [2.45, 2.75) is 25.1 Å². The predicted molar refractivity (Wildman–Crippen MR) is 61.0 cm³/mol. The number of aromatic nitrogens is 3. The Kier molecular flexibility index (Phi) is 5.07. The number of hydrogen-bond acceptors (Lipinski definition) is 5. The highest BCUT2D eigenvalue weighted by atomic mass is 32.2. The van der Waals surface area contributed by atoms with Gasteiger partial charge in [0.1, 0.15) is 5.82 Å². The molecule has 0 fully saturated rings. The average molecular weight is 230 g/mol. The Labute approximate surface area is 94.3 Å². The van der Waals surface area contributed by atoms with Crippen molar-refractivity contribution >= 4 is 11.8 Å². The molecule has 2 N–H and O–H groups in total. The molecule has 0 aromatic carbocycles. The van der Waals surface area contributed by atoms with Gasteiger partial charge in [0.05, 0.1) is 6.10 Å².